The number of aryl methyl sites for hydroxylation is 1. The lowest BCUT2D eigenvalue weighted by atomic mass is 10.1. The van der Waals surface area contributed by atoms with Gasteiger partial charge in [-0.05, 0) is 31.9 Å². The van der Waals surface area contributed by atoms with Gasteiger partial charge in [0.1, 0.15) is 11.3 Å². The third-order valence-corrected chi connectivity index (χ3v) is 3.66. The molecule has 0 aromatic carbocycles. The summed E-state index contributed by atoms with van der Waals surface area (Å²) in [6, 6.07) is 4.41. The van der Waals surface area contributed by atoms with Crippen LogP contribution in [-0.2, 0) is 10.6 Å². The van der Waals surface area contributed by atoms with Crippen LogP contribution in [0, 0.1) is 6.92 Å². The first-order valence-electron chi connectivity index (χ1n) is 6.28. The number of alkyl halides is 1. The first kappa shape index (κ1) is 11.9. The number of halogens is 1. The SMILES string of the molecule is Cc1ccc2nc(CCl)n(C3CCOCC3)c2n1. The van der Waals surface area contributed by atoms with Crippen molar-refractivity contribution in [3.05, 3.63) is 23.7 Å². The monoisotopic (exact) mass is 265 g/mol. The molecule has 3 heterocycles. The van der Waals surface area contributed by atoms with Crippen LogP contribution >= 0.6 is 11.6 Å². The molecule has 0 aliphatic carbocycles. The predicted octanol–water partition coefficient (Wildman–Crippen LogP) is 2.83. The zero-order valence-corrected chi connectivity index (χ0v) is 11.2. The van der Waals surface area contributed by atoms with Crippen LogP contribution in [0.3, 0.4) is 0 Å². The minimum Gasteiger partial charge on any atom is -0.381 e. The quantitative estimate of drug-likeness (QED) is 0.784. The predicted molar refractivity (Wildman–Crippen MR) is 70.9 cm³/mol. The highest BCUT2D eigenvalue weighted by molar-refractivity contribution is 6.16. The molecule has 1 aliphatic rings. The number of nitrogens with zero attached hydrogens (tertiary/aromatic N) is 3. The molecule has 2 aromatic rings. The molecule has 1 aliphatic heterocycles. The van der Waals surface area contributed by atoms with Crippen molar-refractivity contribution in [2.45, 2.75) is 31.7 Å². The molecule has 1 fully saturated rings. The third kappa shape index (κ3) is 1.99. The first-order chi connectivity index (χ1) is 8.79. The smallest absolute Gasteiger partial charge is 0.160 e. The van der Waals surface area contributed by atoms with Gasteiger partial charge in [-0.1, -0.05) is 0 Å². The van der Waals surface area contributed by atoms with Gasteiger partial charge in [0.15, 0.2) is 5.65 Å². The molecule has 0 amide bonds. The molecule has 0 atom stereocenters. The standard InChI is InChI=1S/C13H16ClN3O/c1-9-2-3-11-13(15-9)17(12(8-14)16-11)10-4-6-18-7-5-10/h2-3,10H,4-8H2,1H3. The zero-order chi connectivity index (χ0) is 12.5. The number of imidazole rings is 1. The highest BCUT2D eigenvalue weighted by atomic mass is 35.5. The van der Waals surface area contributed by atoms with E-state index in [1.807, 2.05) is 19.1 Å². The fourth-order valence-corrected chi connectivity index (χ4v) is 2.73. The maximum Gasteiger partial charge on any atom is 0.160 e. The lowest BCUT2D eigenvalue weighted by molar-refractivity contribution is 0.0699. The van der Waals surface area contributed by atoms with Crippen molar-refractivity contribution in [3.63, 3.8) is 0 Å². The average Bonchev–Trinajstić information content (AvgIpc) is 2.77. The van der Waals surface area contributed by atoms with Crippen molar-refractivity contribution in [2.75, 3.05) is 13.2 Å². The molecule has 0 bridgehead atoms. The van der Waals surface area contributed by atoms with Crippen molar-refractivity contribution < 1.29 is 4.74 Å². The Morgan fingerprint density at radius 3 is 2.83 bits per heavy atom. The Kier molecular flexibility index (Phi) is 3.22. The number of pyridine rings is 1. The fraction of sp³-hybridized carbons (Fsp3) is 0.538. The number of hydrogen-bond donors (Lipinski definition) is 0. The molecular weight excluding hydrogens is 250 g/mol. The van der Waals surface area contributed by atoms with Crippen LogP contribution in [0.15, 0.2) is 12.1 Å². The maximum atomic E-state index is 6.02. The van der Waals surface area contributed by atoms with Crippen molar-refractivity contribution in [1.29, 1.82) is 0 Å². The van der Waals surface area contributed by atoms with E-state index >= 15 is 0 Å². The Hall–Kier alpha value is -1.13. The molecule has 0 spiro atoms. The maximum absolute atomic E-state index is 6.02. The van der Waals surface area contributed by atoms with Crippen molar-refractivity contribution in [2.24, 2.45) is 0 Å². The van der Waals surface area contributed by atoms with E-state index in [1.54, 1.807) is 0 Å². The molecule has 5 heteroatoms. The van der Waals surface area contributed by atoms with E-state index in [0.29, 0.717) is 11.9 Å². The van der Waals surface area contributed by atoms with E-state index in [-0.39, 0.29) is 0 Å². The first-order valence-corrected chi connectivity index (χ1v) is 6.81. The largest absolute Gasteiger partial charge is 0.381 e. The Balaban J connectivity index is 2.14. The summed E-state index contributed by atoms with van der Waals surface area (Å²) in [5, 5.41) is 0. The highest BCUT2D eigenvalue weighted by Crippen LogP contribution is 2.27. The molecule has 1 saturated heterocycles. The van der Waals surface area contributed by atoms with Crippen molar-refractivity contribution in [3.8, 4) is 0 Å². The summed E-state index contributed by atoms with van der Waals surface area (Å²) in [5.41, 5.74) is 2.90. The van der Waals surface area contributed by atoms with Crippen LogP contribution in [0.2, 0.25) is 0 Å². The van der Waals surface area contributed by atoms with Crippen LogP contribution in [-0.4, -0.2) is 27.7 Å². The van der Waals surface area contributed by atoms with Crippen LogP contribution in [0.5, 0.6) is 0 Å². The summed E-state index contributed by atoms with van der Waals surface area (Å²) in [6.45, 7) is 3.61. The van der Waals surface area contributed by atoms with Gasteiger partial charge in [0.2, 0.25) is 0 Å². The normalized spacial score (nSPS) is 17.4. The Morgan fingerprint density at radius 1 is 1.33 bits per heavy atom. The van der Waals surface area contributed by atoms with Crippen molar-refractivity contribution in [1.82, 2.24) is 14.5 Å². The number of rotatable bonds is 2. The summed E-state index contributed by atoms with van der Waals surface area (Å²) in [6.07, 6.45) is 2.01. The van der Waals surface area contributed by atoms with Crippen LogP contribution in [0.1, 0.15) is 30.4 Å². The summed E-state index contributed by atoms with van der Waals surface area (Å²) >= 11 is 6.02. The number of fused-ring (bicyclic) bond motifs is 1. The number of aromatic nitrogens is 3. The van der Waals surface area contributed by atoms with E-state index in [9.17, 15) is 0 Å². The summed E-state index contributed by atoms with van der Waals surface area (Å²) in [4.78, 5) is 9.20. The minimum atomic E-state index is 0.409. The lowest BCUT2D eigenvalue weighted by Gasteiger charge is -2.25. The second-order valence-electron chi connectivity index (χ2n) is 4.67. The number of hydrogen-bond acceptors (Lipinski definition) is 3. The zero-order valence-electron chi connectivity index (χ0n) is 10.4. The number of ether oxygens (including phenoxy) is 1. The van der Waals surface area contributed by atoms with E-state index in [0.717, 1.165) is 48.7 Å². The topological polar surface area (TPSA) is 39.9 Å². The molecule has 0 unspecified atom stereocenters. The van der Waals surface area contributed by atoms with E-state index in [4.69, 9.17) is 16.3 Å². The molecule has 96 valence electrons. The van der Waals surface area contributed by atoms with Gasteiger partial charge in [-0.2, -0.15) is 0 Å². The van der Waals surface area contributed by atoms with Crippen molar-refractivity contribution >= 4 is 22.8 Å². The molecule has 0 radical (unpaired) electrons. The second-order valence-corrected chi connectivity index (χ2v) is 4.94. The fourth-order valence-electron chi connectivity index (χ4n) is 2.54. The summed E-state index contributed by atoms with van der Waals surface area (Å²) in [7, 11) is 0. The lowest BCUT2D eigenvalue weighted by Crippen LogP contribution is -2.21. The minimum absolute atomic E-state index is 0.409. The van der Waals surface area contributed by atoms with Gasteiger partial charge in [0, 0.05) is 24.9 Å². The van der Waals surface area contributed by atoms with Gasteiger partial charge in [-0.3, -0.25) is 0 Å². The molecule has 4 nitrogen and oxygen atoms in total. The molecule has 18 heavy (non-hydrogen) atoms. The molecule has 0 saturated carbocycles. The molecular formula is C13H16ClN3O. The van der Waals surface area contributed by atoms with Gasteiger partial charge >= 0.3 is 0 Å². The van der Waals surface area contributed by atoms with Crippen LogP contribution in [0.4, 0.5) is 0 Å². The Labute approximate surface area is 111 Å². The van der Waals surface area contributed by atoms with Gasteiger partial charge in [-0.25, -0.2) is 9.97 Å². The summed E-state index contributed by atoms with van der Waals surface area (Å²) < 4.78 is 7.63. The van der Waals surface area contributed by atoms with Crippen LogP contribution in [0.25, 0.3) is 11.2 Å². The second kappa shape index (κ2) is 4.86. The molecule has 2 aromatic heterocycles. The van der Waals surface area contributed by atoms with Gasteiger partial charge in [0.05, 0.1) is 5.88 Å². The third-order valence-electron chi connectivity index (χ3n) is 3.43. The van der Waals surface area contributed by atoms with E-state index in [1.165, 1.54) is 0 Å². The van der Waals surface area contributed by atoms with E-state index in [2.05, 4.69) is 14.5 Å². The van der Waals surface area contributed by atoms with Gasteiger partial charge in [0.25, 0.3) is 0 Å². The van der Waals surface area contributed by atoms with E-state index < -0.39 is 0 Å². The van der Waals surface area contributed by atoms with Gasteiger partial charge < -0.3 is 9.30 Å². The molecule has 0 N–H and O–H groups in total. The highest BCUT2D eigenvalue weighted by Gasteiger charge is 2.22. The average molecular weight is 266 g/mol. The summed E-state index contributed by atoms with van der Waals surface area (Å²) in [5.74, 6) is 1.34. The Morgan fingerprint density at radius 2 is 2.11 bits per heavy atom. The Bertz CT molecular complexity index is 561. The van der Waals surface area contributed by atoms with Crippen LogP contribution < -0.4 is 0 Å². The molecule has 3 rings (SSSR count). The van der Waals surface area contributed by atoms with Gasteiger partial charge in [-0.15, -0.1) is 11.6 Å².